The molecule has 1 aromatic carbocycles. The summed E-state index contributed by atoms with van der Waals surface area (Å²) in [5, 5.41) is 7.25. The zero-order valence-corrected chi connectivity index (χ0v) is 13.4. The number of benzene rings is 1. The molecule has 0 aromatic heterocycles. The van der Waals surface area contributed by atoms with Crippen molar-refractivity contribution in [2.45, 2.75) is 44.2 Å². The monoisotopic (exact) mass is 322 g/mol. The van der Waals surface area contributed by atoms with Gasteiger partial charge in [-0.05, 0) is 55.9 Å². The van der Waals surface area contributed by atoms with Crippen LogP contribution in [0.1, 0.15) is 32.1 Å². The number of carbonyl (C=O) groups is 1. The molecule has 2 fully saturated rings. The number of hydrogen-bond acceptors (Lipinski definition) is 3. The molecule has 2 atom stereocenters. The van der Waals surface area contributed by atoms with Gasteiger partial charge in [0.1, 0.15) is 12.4 Å². The first kappa shape index (κ1) is 15.6. The van der Waals surface area contributed by atoms with Crippen LogP contribution in [0.2, 0.25) is 5.02 Å². The van der Waals surface area contributed by atoms with Crippen molar-refractivity contribution in [2.24, 2.45) is 5.92 Å². The van der Waals surface area contributed by atoms with E-state index in [1.807, 2.05) is 12.1 Å². The highest BCUT2D eigenvalue weighted by Crippen LogP contribution is 2.32. The lowest BCUT2D eigenvalue weighted by atomic mass is 9.89. The Morgan fingerprint density at radius 1 is 1.23 bits per heavy atom. The van der Waals surface area contributed by atoms with Gasteiger partial charge >= 0.3 is 0 Å². The molecular formula is C17H23ClN2O2. The summed E-state index contributed by atoms with van der Waals surface area (Å²) in [6.07, 6.45) is 5.49. The fraction of sp³-hybridized carbons (Fsp3) is 0.588. The predicted molar refractivity (Wildman–Crippen MR) is 87.2 cm³/mol. The van der Waals surface area contributed by atoms with Gasteiger partial charge in [-0.1, -0.05) is 11.6 Å². The Labute approximate surface area is 136 Å². The van der Waals surface area contributed by atoms with Gasteiger partial charge in [-0.2, -0.15) is 0 Å². The van der Waals surface area contributed by atoms with Gasteiger partial charge in [0.2, 0.25) is 5.91 Å². The molecule has 0 saturated carbocycles. The van der Waals surface area contributed by atoms with Crippen LogP contribution in [0.25, 0.3) is 0 Å². The molecule has 5 heteroatoms. The molecular weight excluding hydrogens is 300 g/mol. The number of rotatable bonds is 6. The number of fused-ring (bicyclic) bond motifs is 2. The number of hydrogen-bond donors (Lipinski definition) is 2. The molecule has 0 spiro atoms. The minimum Gasteiger partial charge on any atom is -0.492 e. The van der Waals surface area contributed by atoms with E-state index in [-0.39, 0.29) is 5.91 Å². The van der Waals surface area contributed by atoms with Crippen molar-refractivity contribution in [1.82, 2.24) is 10.6 Å². The SMILES string of the molecule is O=C(CC1CC2CCC(C1)N2)NCCOc1ccc(Cl)cc1. The fourth-order valence-electron chi connectivity index (χ4n) is 3.57. The molecule has 2 heterocycles. The number of piperidine rings is 1. The van der Waals surface area contributed by atoms with Crippen LogP contribution >= 0.6 is 11.6 Å². The summed E-state index contributed by atoms with van der Waals surface area (Å²) in [5.74, 6) is 1.45. The van der Waals surface area contributed by atoms with Gasteiger partial charge < -0.3 is 15.4 Å². The van der Waals surface area contributed by atoms with E-state index in [0.717, 1.165) is 18.6 Å². The third kappa shape index (κ3) is 4.37. The van der Waals surface area contributed by atoms with Crippen molar-refractivity contribution in [3.8, 4) is 5.75 Å². The standard InChI is InChI=1S/C17H23ClN2O2/c18-13-1-5-16(6-2-13)22-8-7-19-17(21)11-12-9-14-3-4-15(10-12)20-14/h1-2,5-6,12,14-15,20H,3-4,7-11H2,(H,19,21). The van der Waals surface area contributed by atoms with E-state index in [0.29, 0.717) is 42.6 Å². The molecule has 2 aliphatic heterocycles. The summed E-state index contributed by atoms with van der Waals surface area (Å²) >= 11 is 5.82. The number of halogens is 1. The Balaban J connectivity index is 1.32. The van der Waals surface area contributed by atoms with Gasteiger partial charge in [-0.3, -0.25) is 4.79 Å². The smallest absolute Gasteiger partial charge is 0.220 e. The zero-order chi connectivity index (χ0) is 15.4. The van der Waals surface area contributed by atoms with Crippen LogP contribution in [0.15, 0.2) is 24.3 Å². The molecule has 2 aliphatic rings. The largest absolute Gasteiger partial charge is 0.492 e. The number of nitrogens with one attached hydrogen (secondary N) is 2. The molecule has 0 aliphatic carbocycles. The predicted octanol–water partition coefficient (Wildman–Crippen LogP) is 2.76. The van der Waals surface area contributed by atoms with E-state index in [1.54, 1.807) is 12.1 Å². The van der Waals surface area contributed by atoms with Gasteiger partial charge in [-0.25, -0.2) is 0 Å². The molecule has 22 heavy (non-hydrogen) atoms. The topological polar surface area (TPSA) is 50.4 Å². The van der Waals surface area contributed by atoms with Crippen LogP contribution in [0.4, 0.5) is 0 Å². The molecule has 2 unspecified atom stereocenters. The van der Waals surface area contributed by atoms with Gasteiger partial charge in [0.15, 0.2) is 0 Å². The first-order valence-electron chi connectivity index (χ1n) is 8.10. The Hall–Kier alpha value is -1.26. The molecule has 0 radical (unpaired) electrons. The van der Waals surface area contributed by atoms with Crippen molar-refractivity contribution in [3.63, 3.8) is 0 Å². The summed E-state index contributed by atoms with van der Waals surface area (Å²) in [4.78, 5) is 12.0. The maximum Gasteiger partial charge on any atom is 0.220 e. The summed E-state index contributed by atoms with van der Waals surface area (Å²) < 4.78 is 5.56. The maximum absolute atomic E-state index is 12.0. The van der Waals surface area contributed by atoms with Gasteiger partial charge in [0, 0.05) is 23.5 Å². The lowest BCUT2D eigenvalue weighted by Crippen LogP contribution is -2.40. The van der Waals surface area contributed by atoms with Gasteiger partial charge in [0.25, 0.3) is 0 Å². The second-order valence-electron chi connectivity index (χ2n) is 6.33. The fourth-order valence-corrected chi connectivity index (χ4v) is 3.69. The van der Waals surface area contributed by atoms with E-state index in [4.69, 9.17) is 16.3 Å². The molecule has 1 amide bonds. The number of ether oxygens (including phenoxy) is 1. The van der Waals surface area contributed by atoms with Crippen molar-refractivity contribution in [1.29, 1.82) is 0 Å². The second-order valence-corrected chi connectivity index (χ2v) is 6.77. The molecule has 2 bridgehead atoms. The molecule has 1 aromatic rings. The van der Waals surface area contributed by atoms with Gasteiger partial charge in [0.05, 0.1) is 6.54 Å². The number of amides is 1. The van der Waals surface area contributed by atoms with Crippen molar-refractivity contribution >= 4 is 17.5 Å². The van der Waals surface area contributed by atoms with E-state index in [1.165, 1.54) is 12.8 Å². The Bertz CT molecular complexity index is 494. The van der Waals surface area contributed by atoms with Crippen LogP contribution in [-0.4, -0.2) is 31.1 Å². The minimum atomic E-state index is 0.144. The molecule has 120 valence electrons. The van der Waals surface area contributed by atoms with E-state index >= 15 is 0 Å². The first-order valence-corrected chi connectivity index (χ1v) is 8.48. The Morgan fingerprint density at radius 3 is 2.59 bits per heavy atom. The third-order valence-electron chi connectivity index (χ3n) is 4.55. The normalized spacial score (nSPS) is 26.7. The van der Waals surface area contributed by atoms with E-state index < -0.39 is 0 Å². The Morgan fingerprint density at radius 2 is 1.91 bits per heavy atom. The summed E-state index contributed by atoms with van der Waals surface area (Å²) in [5.41, 5.74) is 0. The summed E-state index contributed by atoms with van der Waals surface area (Å²) in [6, 6.07) is 8.53. The maximum atomic E-state index is 12.0. The highest BCUT2D eigenvalue weighted by molar-refractivity contribution is 6.30. The van der Waals surface area contributed by atoms with Crippen molar-refractivity contribution in [3.05, 3.63) is 29.3 Å². The van der Waals surface area contributed by atoms with Crippen LogP contribution in [0, 0.1) is 5.92 Å². The molecule has 4 nitrogen and oxygen atoms in total. The average molecular weight is 323 g/mol. The first-order chi connectivity index (χ1) is 10.7. The summed E-state index contributed by atoms with van der Waals surface area (Å²) in [6.45, 7) is 1.02. The zero-order valence-electron chi connectivity index (χ0n) is 12.7. The Kier molecular flexibility index (Phi) is 5.21. The molecule has 2 saturated heterocycles. The van der Waals surface area contributed by atoms with Crippen LogP contribution in [-0.2, 0) is 4.79 Å². The highest BCUT2D eigenvalue weighted by Gasteiger charge is 2.33. The van der Waals surface area contributed by atoms with E-state index in [9.17, 15) is 4.79 Å². The summed E-state index contributed by atoms with van der Waals surface area (Å²) in [7, 11) is 0. The van der Waals surface area contributed by atoms with E-state index in [2.05, 4.69) is 10.6 Å². The van der Waals surface area contributed by atoms with Crippen LogP contribution in [0.3, 0.4) is 0 Å². The van der Waals surface area contributed by atoms with Gasteiger partial charge in [-0.15, -0.1) is 0 Å². The lowest BCUT2D eigenvalue weighted by Gasteiger charge is -2.28. The van der Waals surface area contributed by atoms with Crippen LogP contribution < -0.4 is 15.4 Å². The van der Waals surface area contributed by atoms with Crippen molar-refractivity contribution < 1.29 is 9.53 Å². The molecule has 2 N–H and O–H groups in total. The van der Waals surface area contributed by atoms with Crippen molar-refractivity contribution in [2.75, 3.05) is 13.2 Å². The highest BCUT2D eigenvalue weighted by atomic mass is 35.5. The lowest BCUT2D eigenvalue weighted by molar-refractivity contribution is -0.122. The number of carbonyl (C=O) groups excluding carboxylic acids is 1. The minimum absolute atomic E-state index is 0.144. The second kappa shape index (κ2) is 7.34. The average Bonchev–Trinajstić information content (AvgIpc) is 2.84. The third-order valence-corrected chi connectivity index (χ3v) is 4.80. The quantitative estimate of drug-likeness (QED) is 0.792. The van der Waals surface area contributed by atoms with Crippen LogP contribution in [0.5, 0.6) is 5.75 Å². The molecule has 3 rings (SSSR count).